The van der Waals surface area contributed by atoms with E-state index in [2.05, 4.69) is 16.8 Å². The molecule has 0 spiro atoms. The van der Waals surface area contributed by atoms with Gasteiger partial charge in [-0.25, -0.2) is 9.59 Å². The molecule has 10 heteroatoms. The van der Waals surface area contributed by atoms with E-state index in [-0.39, 0.29) is 37.0 Å². The molecule has 0 saturated carbocycles. The fourth-order valence-corrected chi connectivity index (χ4v) is 5.18. The van der Waals surface area contributed by atoms with Crippen molar-refractivity contribution < 1.29 is 19.1 Å². The van der Waals surface area contributed by atoms with Crippen molar-refractivity contribution in [3.63, 3.8) is 0 Å². The number of rotatable bonds is 8. The van der Waals surface area contributed by atoms with Crippen LogP contribution in [0.15, 0.2) is 42.1 Å². The maximum Gasteiger partial charge on any atom is 0.338 e. The van der Waals surface area contributed by atoms with Crippen molar-refractivity contribution in [1.82, 2.24) is 20.0 Å². The third kappa shape index (κ3) is 6.05. The molecule has 2 aliphatic heterocycles. The van der Waals surface area contributed by atoms with Crippen LogP contribution in [-0.2, 0) is 14.3 Å². The lowest BCUT2D eigenvalue weighted by Gasteiger charge is -2.43. The molecule has 1 aromatic carbocycles. The van der Waals surface area contributed by atoms with Gasteiger partial charge in [-0.2, -0.15) is 0 Å². The van der Waals surface area contributed by atoms with Gasteiger partial charge in [0.1, 0.15) is 0 Å². The Morgan fingerprint density at radius 3 is 2.58 bits per heavy atom. The van der Waals surface area contributed by atoms with Gasteiger partial charge in [0.05, 0.1) is 18.2 Å². The SMILES string of the molecule is C=CCN1C(=O)NC(c2ccc(Cl)cc2Cl)C(C(=O)OCC)=C1CN1CCN(C(=O)C(C)C)C(C)C1. The summed E-state index contributed by atoms with van der Waals surface area (Å²) in [5.41, 5.74) is 1.40. The molecule has 2 aliphatic rings. The first kappa shape index (κ1) is 28.0. The van der Waals surface area contributed by atoms with Crippen LogP contribution in [0.1, 0.15) is 39.3 Å². The standard InChI is InChI=1S/C26H34Cl2N4O4/c1-6-10-32-21(15-30-11-12-31(17(5)14-30)24(33)16(3)4)22(25(34)36-7-2)23(29-26(32)35)19-9-8-18(27)13-20(19)28/h6,8-9,13,16-17,23H,1,7,10-12,14-15H2,2-5H3,(H,29,35). The molecular formula is C26H34Cl2N4O4. The van der Waals surface area contributed by atoms with Crippen LogP contribution >= 0.6 is 23.2 Å². The van der Waals surface area contributed by atoms with Crippen molar-refractivity contribution in [2.24, 2.45) is 5.92 Å². The minimum atomic E-state index is -0.807. The Morgan fingerprint density at radius 1 is 1.28 bits per heavy atom. The summed E-state index contributed by atoms with van der Waals surface area (Å²) in [4.78, 5) is 44.7. The minimum Gasteiger partial charge on any atom is -0.463 e. The number of amides is 3. The van der Waals surface area contributed by atoms with Crippen molar-refractivity contribution >= 4 is 41.1 Å². The van der Waals surface area contributed by atoms with Crippen molar-refractivity contribution in [3.05, 3.63) is 57.7 Å². The van der Waals surface area contributed by atoms with Crippen LogP contribution in [0, 0.1) is 5.92 Å². The number of nitrogens with one attached hydrogen (secondary N) is 1. The number of hydrogen-bond donors (Lipinski definition) is 1. The lowest BCUT2D eigenvalue weighted by molar-refractivity contribution is -0.139. The summed E-state index contributed by atoms with van der Waals surface area (Å²) in [6.07, 6.45) is 1.61. The van der Waals surface area contributed by atoms with Crippen LogP contribution in [0.2, 0.25) is 10.0 Å². The van der Waals surface area contributed by atoms with Gasteiger partial charge in [0.2, 0.25) is 5.91 Å². The summed E-state index contributed by atoms with van der Waals surface area (Å²) in [6, 6.07) is 3.77. The van der Waals surface area contributed by atoms with E-state index in [1.807, 2.05) is 25.7 Å². The normalized spacial score (nSPS) is 21.0. The van der Waals surface area contributed by atoms with Crippen molar-refractivity contribution in [2.45, 2.75) is 39.8 Å². The molecule has 0 radical (unpaired) electrons. The number of piperazine rings is 1. The van der Waals surface area contributed by atoms with Crippen LogP contribution in [-0.4, -0.2) is 78.0 Å². The number of benzene rings is 1. The second kappa shape index (κ2) is 12.1. The van der Waals surface area contributed by atoms with Gasteiger partial charge in [0.15, 0.2) is 0 Å². The summed E-state index contributed by atoms with van der Waals surface area (Å²) in [5, 5.41) is 3.69. The molecule has 3 rings (SSSR count). The number of esters is 1. The molecule has 8 nitrogen and oxygen atoms in total. The van der Waals surface area contributed by atoms with Gasteiger partial charge in [-0.1, -0.05) is 49.2 Å². The molecule has 2 atom stereocenters. The van der Waals surface area contributed by atoms with Crippen molar-refractivity contribution in [2.75, 3.05) is 39.3 Å². The zero-order valence-corrected chi connectivity index (χ0v) is 22.7. The predicted octanol–water partition coefficient (Wildman–Crippen LogP) is 4.25. The highest BCUT2D eigenvalue weighted by Gasteiger charge is 2.40. The Balaban J connectivity index is 2.04. The molecule has 0 aliphatic carbocycles. The van der Waals surface area contributed by atoms with Gasteiger partial charge in [0.25, 0.3) is 0 Å². The second-order valence-corrected chi connectivity index (χ2v) is 10.1. The van der Waals surface area contributed by atoms with E-state index < -0.39 is 12.0 Å². The fraction of sp³-hybridized carbons (Fsp3) is 0.500. The molecule has 0 aromatic heterocycles. The number of urea groups is 1. The number of hydrogen-bond acceptors (Lipinski definition) is 5. The Morgan fingerprint density at radius 2 is 2.00 bits per heavy atom. The number of nitrogens with zero attached hydrogens (tertiary/aromatic N) is 3. The molecule has 2 unspecified atom stereocenters. The average Bonchev–Trinajstić information content (AvgIpc) is 2.81. The van der Waals surface area contributed by atoms with Gasteiger partial charge in [-0.05, 0) is 31.5 Å². The van der Waals surface area contributed by atoms with Crippen LogP contribution < -0.4 is 5.32 Å². The second-order valence-electron chi connectivity index (χ2n) is 9.30. The van der Waals surface area contributed by atoms with E-state index in [1.54, 1.807) is 31.2 Å². The lowest BCUT2D eigenvalue weighted by Crippen LogP contribution is -2.57. The predicted molar refractivity (Wildman–Crippen MR) is 141 cm³/mol. The maximum atomic E-state index is 13.3. The highest BCUT2D eigenvalue weighted by molar-refractivity contribution is 6.35. The molecule has 1 saturated heterocycles. The minimum absolute atomic E-state index is 0.00734. The lowest BCUT2D eigenvalue weighted by atomic mass is 9.93. The Bertz CT molecular complexity index is 1060. The first-order chi connectivity index (χ1) is 17.1. The molecule has 196 valence electrons. The van der Waals surface area contributed by atoms with E-state index in [0.29, 0.717) is 53.1 Å². The van der Waals surface area contributed by atoms with E-state index in [0.717, 1.165) is 0 Å². The molecule has 1 aromatic rings. The van der Waals surface area contributed by atoms with Gasteiger partial charge in [-0.15, -0.1) is 6.58 Å². The van der Waals surface area contributed by atoms with E-state index >= 15 is 0 Å². The van der Waals surface area contributed by atoms with Crippen LogP contribution in [0.4, 0.5) is 4.79 Å². The molecule has 1 N–H and O–H groups in total. The summed E-state index contributed by atoms with van der Waals surface area (Å²) in [7, 11) is 0. The van der Waals surface area contributed by atoms with Crippen LogP contribution in [0.3, 0.4) is 0 Å². The number of carbonyl (C=O) groups excluding carboxylic acids is 3. The fourth-order valence-electron chi connectivity index (χ4n) is 4.66. The zero-order valence-electron chi connectivity index (χ0n) is 21.2. The summed E-state index contributed by atoms with van der Waals surface area (Å²) in [6.45, 7) is 13.8. The first-order valence-corrected chi connectivity index (χ1v) is 12.9. The topological polar surface area (TPSA) is 82.2 Å². The highest BCUT2D eigenvalue weighted by atomic mass is 35.5. The molecule has 36 heavy (non-hydrogen) atoms. The van der Waals surface area contributed by atoms with E-state index in [1.165, 1.54) is 4.90 Å². The maximum absolute atomic E-state index is 13.3. The molecule has 0 bridgehead atoms. The van der Waals surface area contributed by atoms with Gasteiger partial charge in [0, 0.05) is 60.4 Å². The molecular weight excluding hydrogens is 503 g/mol. The summed E-state index contributed by atoms with van der Waals surface area (Å²) < 4.78 is 5.43. The summed E-state index contributed by atoms with van der Waals surface area (Å²) in [5.74, 6) is -0.484. The van der Waals surface area contributed by atoms with Crippen molar-refractivity contribution in [3.8, 4) is 0 Å². The smallest absolute Gasteiger partial charge is 0.338 e. The summed E-state index contributed by atoms with van der Waals surface area (Å²) >= 11 is 12.6. The first-order valence-electron chi connectivity index (χ1n) is 12.2. The van der Waals surface area contributed by atoms with E-state index in [4.69, 9.17) is 27.9 Å². The monoisotopic (exact) mass is 536 g/mol. The Hall–Kier alpha value is -2.55. The molecule has 1 fully saturated rings. The van der Waals surface area contributed by atoms with Gasteiger partial charge < -0.3 is 15.0 Å². The average molecular weight is 537 g/mol. The Labute approximate surface area is 222 Å². The van der Waals surface area contributed by atoms with Gasteiger partial charge in [-0.3, -0.25) is 14.6 Å². The highest BCUT2D eigenvalue weighted by Crippen LogP contribution is 2.36. The quantitative estimate of drug-likeness (QED) is 0.396. The third-order valence-corrected chi connectivity index (χ3v) is 6.94. The molecule has 2 heterocycles. The zero-order chi connectivity index (χ0) is 26.6. The van der Waals surface area contributed by atoms with Crippen molar-refractivity contribution in [1.29, 1.82) is 0 Å². The largest absolute Gasteiger partial charge is 0.463 e. The number of halogens is 2. The number of carbonyl (C=O) groups is 3. The number of ether oxygens (including phenoxy) is 1. The Kier molecular flexibility index (Phi) is 9.44. The third-order valence-electron chi connectivity index (χ3n) is 6.38. The van der Waals surface area contributed by atoms with Crippen LogP contribution in [0.5, 0.6) is 0 Å². The molecule has 3 amide bonds. The van der Waals surface area contributed by atoms with Crippen LogP contribution in [0.25, 0.3) is 0 Å². The van der Waals surface area contributed by atoms with E-state index in [9.17, 15) is 14.4 Å². The van der Waals surface area contributed by atoms with Gasteiger partial charge >= 0.3 is 12.0 Å².